The van der Waals surface area contributed by atoms with Crippen LogP contribution >= 0.6 is 0 Å². The second-order valence-electron chi connectivity index (χ2n) is 12.2. The van der Waals surface area contributed by atoms with Crippen LogP contribution in [-0.4, -0.2) is 72.8 Å². The van der Waals surface area contributed by atoms with E-state index in [1.54, 1.807) is 29.1 Å². The van der Waals surface area contributed by atoms with Gasteiger partial charge in [-0.1, -0.05) is 5.57 Å². The molecule has 2 aromatic carbocycles. The van der Waals surface area contributed by atoms with Crippen molar-refractivity contribution in [3.63, 3.8) is 0 Å². The molecule has 0 aliphatic heterocycles. The Hall–Kier alpha value is -4.31. The lowest BCUT2D eigenvalue weighted by Crippen LogP contribution is -2.51. The number of sulfonamides is 1. The van der Waals surface area contributed by atoms with Crippen LogP contribution in [0.1, 0.15) is 46.6 Å². The van der Waals surface area contributed by atoms with E-state index in [4.69, 9.17) is 9.47 Å². The van der Waals surface area contributed by atoms with Crippen LogP contribution in [0.2, 0.25) is 0 Å². The topological polar surface area (TPSA) is 104 Å². The number of ether oxygens (including phenoxy) is 2. The van der Waals surface area contributed by atoms with Gasteiger partial charge in [0, 0.05) is 25.9 Å². The SMILES string of the molecule is COCCOCCN([C@H]1CCC2=Cc3c(cnn3-c3ccc(F)cc3)C[C@]2(C(=O)c2cc(C(F)(F)F)ccn2)C1)S(=O)(=O)c1ccc(F)cc1. The number of halogens is 5. The van der Waals surface area contributed by atoms with Crippen molar-refractivity contribution in [2.24, 2.45) is 5.41 Å². The molecule has 2 heterocycles. The molecular weight excluding hydrogens is 683 g/mol. The highest BCUT2D eigenvalue weighted by Crippen LogP contribution is 2.51. The molecule has 0 bridgehead atoms. The number of carbonyl (C=O) groups excluding carboxylic acids is 1. The number of hydrogen-bond acceptors (Lipinski definition) is 7. The molecule has 2 atom stereocenters. The van der Waals surface area contributed by atoms with E-state index in [-0.39, 0.29) is 56.9 Å². The number of pyridine rings is 1. The van der Waals surface area contributed by atoms with Crippen LogP contribution in [0.5, 0.6) is 0 Å². The lowest BCUT2D eigenvalue weighted by molar-refractivity contribution is -0.137. The highest BCUT2D eigenvalue weighted by Gasteiger charge is 2.52. The van der Waals surface area contributed by atoms with Gasteiger partial charge in [0.05, 0.1) is 53.3 Å². The van der Waals surface area contributed by atoms with Gasteiger partial charge in [-0.15, -0.1) is 0 Å². The Kier molecular flexibility index (Phi) is 10.0. The zero-order valence-electron chi connectivity index (χ0n) is 26.9. The molecule has 0 spiro atoms. The van der Waals surface area contributed by atoms with E-state index in [2.05, 4.69) is 10.1 Å². The first-order valence-corrected chi connectivity index (χ1v) is 17.2. The molecule has 6 rings (SSSR count). The van der Waals surface area contributed by atoms with Crippen molar-refractivity contribution in [3.05, 3.63) is 113 Å². The van der Waals surface area contributed by atoms with Gasteiger partial charge in [0.2, 0.25) is 10.0 Å². The first-order chi connectivity index (χ1) is 23.8. The van der Waals surface area contributed by atoms with Crippen LogP contribution in [0.4, 0.5) is 22.0 Å². The first-order valence-electron chi connectivity index (χ1n) is 15.8. The zero-order valence-corrected chi connectivity index (χ0v) is 27.7. The second-order valence-corrected chi connectivity index (χ2v) is 14.1. The summed E-state index contributed by atoms with van der Waals surface area (Å²) >= 11 is 0. The molecule has 0 N–H and O–H groups in total. The third-order valence-corrected chi connectivity index (χ3v) is 11.1. The number of benzene rings is 2. The summed E-state index contributed by atoms with van der Waals surface area (Å²) in [6, 6.07) is 10.7. The van der Waals surface area contributed by atoms with Gasteiger partial charge in [-0.05, 0) is 98.0 Å². The summed E-state index contributed by atoms with van der Waals surface area (Å²) in [6.07, 6.45) is -0.113. The van der Waals surface area contributed by atoms with Gasteiger partial charge in [-0.25, -0.2) is 21.9 Å². The molecule has 4 aromatic rings. The summed E-state index contributed by atoms with van der Waals surface area (Å²) in [4.78, 5) is 18.5. The Morgan fingerprint density at radius 2 is 1.72 bits per heavy atom. The Bertz CT molecular complexity index is 2000. The lowest BCUT2D eigenvalue weighted by atomic mass is 9.60. The van der Waals surface area contributed by atoms with Crippen molar-refractivity contribution >= 4 is 21.9 Å². The van der Waals surface area contributed by atoms with Gasteiger partial charge in [0.25, 0.3) is 0 Å². The quantitative estimate of drug-likeness (QED) is 0.0967. The van der Waals surface area contributed by atoms with Gasteiger partial charge in [-0.3, -0.25) is 9.78 Å². The maximum absolute atomic E-state index is 14.6. The van der Waals surface area contributed by atoms with E-state index in [0.717, 1.165) is 36.5 Å². The van der Waals surface area contributed by atoms with Crippen LogP contribution < -0.4 is 0 Å². The van der Waals surface area contributed by atoms with Crippen LogP contribution in [0.3, 0.4) is 0 Å². The molecular formula is C35H33F5N4O5S. The highest BCUT2D eigenvalue weighted by molar-refractivity contribution is 7.89. The van der Waals surface area contributed by atoms with Crippen molar-refractivity contribution in [2.45, 2.75) is 42.8 Å². The minimum atomic E-state index is -4.73. The monoisotopic (exact) mass is 716 g/mol. The minimum Gasteiger partial charge on any atom is -0.382 e. The van der Waals surface area contributed by atoms with Crippen molar-refractivity contribution in [3.8, 4) is 5.69 Å². The zero-order chi connectivity index (χ0) is 35.7. The van der Waals surface area contributed by atoms with Crippen LogP contribution in [0.25, 0.3) is 11.8 Å². The molecule has 0 amide bonds. The number of methoxy groups -OCH3 is 1. The van der Waals surface area contributed by atoms with E-state index in [0.29, 0.717) is 28.6 Å². The number of alkyl halides is 3. The van der Waals surface area contributed by atoms with E-state index >= 15 is 0 Å². The number of hydrogen-bond donors (Lipinski definition) is 0. The van der Waals surface area contributed by atoms with E-state index < -0.39 is 56.3 Å². The number of carbonyl (C=O) groups is 1. The van der Waals surface area contributed by atoms with Gasteiger partial charge in [0.1, 0.15) is 17.3 Å². The summed E-state index contributed by atoms with van der Waals surface area (Å²) in [5.74, 6) is -1.74. The standard InChI is InChI=1S/C35H33F5N4O5S/c1-48-16-17-49-15-14-43(50(46,47)30-10-5-27(37)6-11-30)29-7-2-24-19-32-23(22-42-44(32)28-8-3-26(36)4-9-28)20-34(24,21-29)33(45)31-18-25(12-13-41-31)35(38,39)40/h3-6,8-13,18-19,22,29H,2,7,14-17,20-21H2,1H3/t29-,34-/m0/s1. The molecule has 2 aliphatic carbocycles. The molecule has 2 aromatic heterocycles. The fourth-order valence-electron chi connectivity index (χ4n) is 6.73. The number of Topliss-reactive ketones (excluding diaryl/α,β-unsaturated/α-hetero) is 1. The summed E-state index contributed by atoms with van der Waals surface area (Å²) < 4.78 is 111. The van der Waals surface area contributed by atoms with Crippen molar-refractivity contribution in [1.82, 2.24) is 19.1 Å². The number of ketones is 1. The summed E-state index contributed by atoms with van der Waals surface area (Å²) in [7, 11) is -2.78. The van der Waals surface area contributed by atoms with Crippen molar-refractivity contribution < 1.29 is 44.6 Å². The predicted molar refractivity (Wildman–Crippen MR) is 172 cm³/mol. The molecule has 15 heteroatoms. The molecule has 0 saturated heterocycles. The lowest BCUT2D eigenvalue weighted by Gasteiger charge is -2.46. The maximum atomic E-state index is 14.6. The average molecular weight is 717 g/mol. The van der Waals surface area contributed by atoms with E-state index in [1.165, 1.54) is 23.5 Å². The first kappa shape index (κ1) is 35.5. The molecule has 0 unspecified atom stereocenters. The van der Waals surface area contributed by atoms with E-state index in [1.807, 2.05) is 0 Å². The van der Waals surface area contributed by atoms with Gasteiger partial charge < -0.3 is 9.47 Å². The molecule has 2 aliphatic rings. The fourth-order valence-corrected chi connectivity index (χ4v) is 8.37. The Morgan fingerprint density at radius 1 is 1.02 bits per heavy atom. The second kappa shape index (κ2) is 14.1. The fraction of sp³-hybridized carbons (Fsp3) is 0.343. The smallest absolute Gasteiger partial charge is 0.382 e. The summed E-state index contributed by atoms with van der Waals surface area (Å²) in [5, 5.41) is 4.48. The Labute approximate surface area is 285 Å². The number of rotatable bonds is 12. The summed E-state index contributed by atoms with van der Waals surface area (Å²) in [5.41, 5.74) is -0.581. The minimum absolute atomic E-state index is 0.00258. The molecule has 9 nitrogen and oxygen atoms in total. The van der Waals surface area contributed by atoms with Gasteiger partial charge in [0.15, 0.2) is 5.78 Å². The molecule has 0 radical (unpaired) electrons. The number of allylic oxidation sites excluding steroid dienone is 1. The Balaban J connectivity index is 1.43. The molecule has 264 valence electrons. The van der Waals surface area contributed by atoms with E-state index in [9.17, 15) is 35.2 Å². The van der Waals surface area contributed by atoms with Crippen LogP contribution in [0.15, 0.2) is 83.5 Å². The normalized spacial score (nSPS) is 19.2. The number of aromatic nitrogens is 3. The third kappa shape index (κ3) is 6.99. The highest BCUT2D eigenvalue weighted by atomic mass is 32.2. The molecule has 1 saturated carbocycles. The van der Waals surface area contributed by atoms with Crippen molar-refractivity contribution in [1.29, 1.82) is 0 Å². The predicted octanol–water partition coefficient (Wildman–Crippen LogP) is 6.28. The maximum Gasteiger partial charge on any atom is 0.416 e. The molecule has 1 fully saturated rings. The largest absolute Gasteiger partial charge is 0.416 e. The van der Waals surface area contributed by atoms with Gasteiger partial charge in [-0.2, -0.15) is 22.6 Å². The summed E-state index contributed by atoms with van der Waals surface area (Å²) in [6.45, 7) is 0.335. The third-order valence-electron chi connectivity index (χ3n) is 9.18. The average Bonchev–Trinajstić information content (AvgIpc) is 3.50. The van der Waals surface area contributed by atoms with Gasteiger partial charge >= 0.3 is 6.18 Å². The molecule has 50 heavy (non-hydrogen) atoms. The Morgan fingerprint density at radius 3 is 2.40 bits per heavy atom. The van der Waals surface area contributed by atoms with Crippen LogP contribution in [0, 0.1) is 17.0 Å². The van der Waals surface area contributed by atoms with Crippen molar-refractivity contribution in [2.75, 3.05) is 33.5 Å². The number of nitrogens with zero attached hydrogens (tertiary/aromatic N) is 4. The van der Waals surface area contributed by atoms with Crippen LogP contribution in [-0.2, 0) is 32.1 Å². The number of fused-ring (bicyclic) bond motifs is 2.